The largest absolute Gasteiger partial charge is 0.333 e. The van der Waals surface area contributed by atoms with Gasteiger partial charge in [0.25, 0.3) is 0 Å². The van der Waals surface area contributed by atoms with Crippen molar-refractivity contribution in [2.24, 2.45) is 0 Å². The Morgan fingerprint density at radius 3 is 3.05 bits per heavy atom. The normalized spacial score (nSPS) is 24.7. The molecule has 0 saturated heterocycles. The van der Waals surface area contributed by atoms with E-state index in [-0.39, 0.29) is 0 Å². The van der Waals surface area contributed by atoms with Crippen LogP contribution in [-0.2, 0) is 0 Å². The molecule has 5 heteroatoms. The fourth-order valence-corrected chi connectivity index (χ4v) is 3.90. The first-order valence-corrected chi connectivity index (χ1v) is 7.77. The molecule has 0 amide bonds. The van der Waals surface area contributed by atoms with Crippen molar-refractivity contribution in [3.05, 3.63) is 34.8 Å². The summed E-state index contributed by atoms with van der Waals surface area (Å²) < 4.78 is 2.25. The molecule has 0 spiro atoms. The van der Waals surface area contributed by atoms with Crippen molar-refractivity contribution >= 4 is 11.3 Å². The Hall–Kier alpha value is -1.20. The number of nitrogens with one attached hydrogen (secondary N) is 1. The molecule has 3 atom stereocenters. The highest BCUT2D eigenvalue weighted by Crippen LogP contribution is 2.32. The average Bonchev–Trinajstić information content (AvgIpc) is 3.07. The second-order valence-electron chi connectivity index (χ2n) is 5.31. The maximum absolute atomic E-state index is 4.34. The summed E-state index contributed by atoms with van der Waals surface area (Å²) >= 11 is 1.75. The molecular weight excluding hydrogens is 256 g/mol. The van der Waals surface area contributed by atoms with Crippen molar-refractivity contribution in [1.29, 1.82) is 0 Å². The molecule has 1 N–H and O–H groups in total. The number of imidazole rings is 1. The summed E-state index contributed by atoms with van der Waals surface area (Å²) in [6, 6.07) is 1.45. The number of aromatic nitrogens is 3. The van der Waals surface area contributed by atoms with Crippen molar-refractivity contribution in [3.8, 4) is 0 Å². The molecule has 19 heavy (non-hydrogen) atoms. The van der Waals surface area contributed by atoms with Crippen LogP contribution in [0.5, 0.6) is 0 Å². The van der Waals surface area contributed by atoms with E-state index in [1.165, 1.54) is 24.1 Å². The van der Waals surface area contributed by atoms with Gasteiger partial charge in [0.15, 0.2) is 0 Å². The fraction of sp³-hybridized carbons (Fsp3) is 0.571. The minimum Gasteiger partial charge on any atom is -0.333 e. The van der Waals surface area contributed by atoms with E-state index in [1.54, 1.807) is 11.3 Å². The van der Waals surface area contributed by atoms with Crippen LogP contribution in [0.25, 0.3) is 0 Å². The van der Waals surface area contributed by atoms with Gasteiger partial charge in [-0.25, -0.2) is 9.97 Å². The number of hydrogen-bond acceptors (Lipinski definition) is 4. The van der Waals surface area contributed by atoms with E-state index in [2.05, 4.69) is 39.9 Å². The number of nitrogens with zero attached hydrogens (tertiary/aromatic N) is 3. The molecule has 3 rings (SSSR count). The number of hydrogen-bond donors (Lipinski definition) is 1. The van der Waals surface area contributed by atoms with Gasteiger partial charge in [-0.05, 0) is 33.1 Å². The number of thiazole rings is 1. The highest BCUT2D eigenvalue weighted by molar-refractivity contribution is 7.09. The Morgan fingerprint density at radius 1 is 1.47 bits per heavy atom. The molecule has 0 bridgehead atoms. The molecule has 1 saturated carbocycles. The fourth-order valence-electron chi connectivity index (χ4n) is 3.08. The highest BCUT2D eigenvalue weighted by atomic mass is 32.1. The third kappa shape index (κ3) is 2.58. The number of rotatable bonds is 4. The molecule has 1 aliphatic carbocycles. The molecule has 2 aromatic heterocycles. The Balaban J connectivity index is 1.71. The van der Waals surface area contributed by atoms with E-state index < -0.39 is 0 Å². The summed E-state index contributed by atoms with van der Waals surface area (Å²) in [5.74, 6) is 0. The lowest BCUT2D eigenvalue weighted by Gasteiger charge is -2.25. The van der Waals surface area contributed by atoms with Crippen LogP contribution in [0.4, 0.5) is 0 Å². The predicted molar refractivity (Wildman–Crippen MR) is 77.3 cm³/mol. The van der Waals surface area contributed by atoms with E-state index in [4.69, 9.17) is 0 Å². The van der Waals surface area contributed by atoms with Crippen molar-refractivity contribution in [3.63, 3.8) is 0 Å². The Kier molecular flexibility index (Phi) is 3.66. The number of aryl methyl sites for hydroxylation is 1. The van der Waals surface area contributed by atoms with Gasteiger partial charge in [-0.15, -0.1) is 11.3 Å². The Morgan fingerprint density at radius 2 is 2.37 bits per heavy atom. The van der Waals surface area contributed by atoms with Crippen molar-refractivity contribution in [2.45, 2.75) is 51.2 Å². The van der Waals surface area contributed by atoms with Crippen LogP contribution in [0.3, 0.4) is 0 Å². The molecule has 0 radical (unpaired) electrons. The SMILES string of the molecule is Cc1ncsc1C(C)NC1CCCC1n1ccnc1. The third-order valence-corrected chi connectivity index (χ3v) is 5.14. The second kappa shape index (κ2) is 5.43. The minimum absolute atomic E-state index is 0.377. The van der Waals surface area contributed by atoms with E-state index in [0.29, 0.717) is 18.1 Å². The first-order valence-electron chi connectivity index (χ1n) is 6.89. The maximum Gasteiger partial charge on any atom is 0.0949 e. The van der Waals surface area contributed by atoms with Crippen LogP contribution < -0.4 is 5.32 Å². The van der Waals surface area contributed by atoms with Crippen LogP contribution in [0.15, 0.2) is 24.2 Å². The van der Waals surface area contributed by atoms with Gasteiger partial charge < -0.3 is 9.88 Å². The van der Waals surface area contributed by atoms with Crippen LogP contribution in [0.2, 0.25) is 0 Å². The summed E-state index contributed by atoms with van der Waals surface area (Å²) in [7, 11) is 0. The first-order chi connectivity index (χ1) is 9.25. The van der Waals surface area contributed by atoms with E-state index in [9.17, 15) is 0 Å². The topological polar surface area (TPSA) is 42.7 Å². The van der Waals surface area contributed by atoms with Gasteiger partial charge in [0.2, 0.25) is 0 Å². The monoisotopic (exact) mass is 276 g/mol. The van der Waals surface area contributed by atoms with E-state index in [1.807, 2.05) is 18.0 Å². The van der Waals surface area contributed by atoms with Crippen LogP contribution in [0, 0.1) is 6.92 Å². The molecular formula is C14H20N4S. The van der Waals surface area contributed by atoms with Crippen molar-refractivity contribution in [2.75, 3.05) is 0 Å². The summed E-state index contributed by atoms with van der Waals surface area (Å²) in [4.78, 5) is 9.87. The molecule has 2 heterocycles. The Labute approximate surface area is 117 Å². The zero-order valence-corrected chi connectivity index (χ0v) is 12.2. The summed E-state index contributed by atoms with van der Waals surface area (Å²) in [6.45, 7) is 4.33. The van der Waals surface area contributed by atoms with Gasteiger partial charge in [0.05, 0.1) is 17.5 Å². The quantitative estimate of drug-likeness (QED) is 0.933. The zero-order chi connectivity index (χ0) is 13.2. The summed E-state index contributed by atoms with van der Waals surface area (Å²) in [5.41, 5.74) is 3.09. The lowest BCUT2D eigenvalue weighted by Crippen LogP contribution is -2.35. The predicted octanol–water partition coefficient (Wildman–Crippen LogP) is 3.09. The third-order valence-electron chi connectivity index (χ3n) is 4.03. The van der Waals surface area contributed by atoms with Gasteiger partial charge in [0.1, 0.15) is 0 Å². The highest BCUT2D eigenvalue weighted by Gasteiger charge is 2.29. The smallest absolute Gasteiger partial charge is 0.0949 e. The maximum atomic E-state index is 4.34. The van der Waals surface area contributed by atoms with Gasteiger partial charge in [0, 0.05) is 35.4 Å². The van der Waals surface area contributed by atoms with E-state index in [0.717, 1.165) is 5.69 Å². The molecule has 2 aromatic rings. The van der Waals surface area contributed by atoms with Crippen molar-refractivity contribution in [1.82, 2.24) is 19.9 Å². The zero-order valence-electron chi connectivity index (χ0n) is 11.4. The molecule has 3 unspecified atom stereocenters. The average molecular weight is 276 g/mol. The van der Waals surface area contributed by atoms with Crippen LogP contribution in [-0.4, -0.2) is 20.6 Å². The molecule has 102 valence electrons. The van der Waals surface area contributed by atoms with Crippen molar-refractivity contribution < 1.29 is 0 Å². The standard InChI is InChI=1S/C14H20N4S/c1-10-14(19-9-16-10)11(2)17-12-4-3-5-13(12)18-7-6-15-8-18/h6-9,11-13,17H,3-5H2,1-2H3. The Bertz CT molecular complexity index is 519. The lowest BCUT2D eigenvalue weighted by molar-refractivity contribution is 0.364. The second-order valence-corrected chi connectivity index (χ2v) is 6.19. The summed E-state index contributed by atoms with van der Waals surface area (Å²) in [6.07, 6.45) is 9.65. The summed E-state index contributed by atoms with van der Waals surface area (Å²) in [5, 5.41) is 3.78. The van der Waals surface area contributed by atoms with Gasteiger partial charge >= 0.3 is 0 Å². The molecule has 4 nitrogen and oxygen atoms in total. The van der Waals surface area contributed by atoms with Gasteiger partial charge in [-0.1, -0.05) is 0 Å². The van der Waals surface area contributed by atoms with Crippen LogP contribution >= 0.6 is 11.3 Å². The molecule has 0 aliphatic heterocycles. The van der Waals surface area contributed by atoms with Crippen LogP contribution in [0.1, 0.15) is 48.8 Å². The van der Waals surface area contributed by atoms with E-state index >= 15 is 0 Å². The lowest BCUT2D eigenvalue weighted by atomic mass is 10.1. The van der Waals surface area contributed by atoms with Gasteiger partial charge in [-0.3, -0.25) is 0 Å². The molecule has 1 aliphatic rings. The molecule has 1 fully saturated rings. The minimum atomic E-state index is 0.377. The molecule has 0 aromatic carbocycles. The first kappa shape index (κ1) is 12.8. The van der Waals surface area contributed by atoms with Gasteiger partial charge in [-0.2, -0.15) is 0 Å².